The van der Waals surface area contributed by atoms with Gasteiger partial charge in [0.15, 0.2) is 0 Å². The fourth-order valence-corrected chi connectivity index (χ4v) is 2.47. The number of hydrogen-bond donors (Lipinski definition) is 2. The summed E-state index contributed by atoms with van der Waals surface area (Å²) in [4.78, 5) is 24.6. The monoisotopic (exact) mass is 337 g/mol. The summed E-state index contributed by atoms with van der Waals surface area (Å²) in [5.74, 6) is -0.818. The smallest absolute Gasteiger partial charge is 0.273 e. The van der Waals surface area contributed by atoms with Crippen molar-refractivity contribution in [1.82, 2.24) is 10.2 Å². The van der Waals surface area contributed by atoms with Gasteiger partial charge < -0.3 is 5.32 Å². The Hall–Kier alpha value is -3.28. The van der Waals surface area contributed by atoms with Gasteiger partial charge in [-0.25, -0.2) is 4.39 Å². The average molecular weight is 337 g/mol. The molecule has 0 bridgehead atoms. The van der Waals surface area contributed by atoms with Crippen LogP contribution in [-0.4, -0.2) is 21.9 Å². The Labute approximate surface area is 143 Å². The number of amides is 1. The molecule has 0 aliphatic rings. The number of ketones is 1. The summed E-state index contributed by atoms with van der Waals surface area (Å²) in [5.41, 5.74) is 2.14. The van der Waals surface area contributed by atoms with E-state index >= 15 is 0 Å². The molecule has 25 heavy (non-hydrogen) atoms. The number of carbonyl (C=O) groups is 2. The molecule has 0 aliphatic carbocycles. The molecule has 0 spiro atoms. The summed E-state index contributed by atoms with van der Waals surface area (Å²) < 4.78 is 12.9. The molecule has 0 saturated carbocycles. The van der Waals surface area contributed by atoms with Gasteiger partial charge in [-0.05, 0) is 29.8 Å². The van der Waals surface area contributed by atoms with E-state index in [1.807, 2.05) is 30.3 Å². The quantitative estimate of drug-likeness (QED) is 0.725. The molecule has 0 radical (unpaired) electrons. The fraction of sp³-hybridized carbons (Fsp3) is 0.105. The highest BCUT2D eigenvalue weighted by atomic mass is 19.1. The normalized spacial score (nSPS) is 10.4. The molecule has 126 valence electrons. The van der Waals surface area contributed by atoms with Gasteiger partial charge in [-0.15, -0.1) is 0 Å². The number of Topliss-reactive ketones (excluding diaryl/α,β-unsaturated/α-hetero) is 1. The molecule has 0 saturated heterocycles. The largest absolute Gasteiger partial charge is 0.321 e. The molecule has 1 heterocycles. The second-order valence-electron chi connectivity index (χ2n) is 5.61. The molecule has 1 aromatic heterocycles. The summed E-state index contributed by atoms with van der Waals surface area (Å²) in [6.07, 6.45) is 1.88. The first kappa shape index (κ1) is 16.6. The van der Waals surface area contributed by atoms with E-state index in [9.17, 15) is 14.0 Å². The van der Waals surface area contributed by atoms with Crippen molar-refractivity contribution in [2.75, 3.05) is 5.32 Å². The third-order valence-electron chi connectivity index (χ3n) is 3.68. The van der Waals surface area contributed by atoms with Crippen molar-refractivity contribution in [3.63, 3.8) is 0 Å². The van der Waals surface area contributed by atoms with Crippen LogP contribution in [0.15, 0.2) is 60.8 Å². The zero-order valence-corrected chi connectivity index (χ0v) is 13.3. The van der Waals surface area contributed by atoms with E-state index in [0.717, 1.165) is 5.56 Å². The van der Waals surface area contributed by atoms with E-state index in [4.69, 9.17) is 0 Å². The van der Waals surface area contributed by atoms with E-state index in [0.29, 0.717) is 17.7 Å². The highest BCUT2D eigenvalue weighted by Gasteiger charge is 2.17. The minimum Gasteiger partial charge on any atom is -0.321 e. The summed E-state index contributed by atoms with van der Waals surface area (Å²) in [6.45, 7) is 0. The second-order valence-corrected chi connectivity index (χ2v) is 5.61. The van der Waals surface area contributed by atoms with Gasteiger partial charge in [-0.2, -0.15) is 5.10 Å². The lowest BCUT2D eigenvalue weighted by Gasteiger charge is -2.06. The lowest BCUT2D eigenvalue weighted by Crippen LogP contribution is -2.16. The highest BCUT2D eigenvalue weighted by molar-refractivity contribution is 6.04. The Morgan fingerprint density at radius 3 is 2.44 bits per heavy atom. The van der Waals surface area contributed by atoms with Crippen LogP contribution >= 0.6 is 0 Å². The predicted molar refractivity (Wildman–Crippen MR) is 91.8 cm³/mol. The third kappa shape index (κ3) is 4.38. The topological polar surface area (TPSA) is 74.8 Å². The fourth-order valence-electron chi connectivity index (χ4n) is 2.47. The van der Waals surface area contributed by atoms with Crippen molar-refractivity contribution in [3.05, 3.63) is 83.4 Å². The van der Waals surface area contributed by atoms with Crippen molar-refractivity contribution < 1.29 is 14.0 Å². The first-order valence-electron chi connectivity index (χ1n) is 7.76. The van der Waals surface area contributed by atoms with Crippen molar-refractivity contribution in [2.45, 2.75) is 12.8 Å². The predicted octanol–water partition coefficient (Wildman–Crippen LogP) is 3.16. The zero-order valence-electron chi connectivity index (χ0n) is 13.3. The van der Waals surface area contributed by atoms with Gasteiger partial charge in [0, 0.05) is 24.1 Å². The minimum absolute atomic E-state index is 0.0107. The first-order valence-corrected chi connectivity index (χ1v) is 7.76. The molecule has 2 aromatic carbocycles. The van der Waals surface area contributed by atoms with Crippen LogP contribution in [0, 0.1) is 5.82 Å². The van der Waals surface area contributed by atoms with Crippen LogP contribution in [0.1, 0.15) is 21.6 Å². The van der Waals surface area contributed by atoms with Crippen molar-refractivity contribution in [2.24, 2.45) is 0 Å². The van der Waals surface area contributed by atoms with Crippen LogP contribution in [0.5, 0.6) is 0 Å². The minimum atomic E-state index is -0.424. The first-order chi connectivity index (χ1) is 12.1. The van der Waals surface area contributed by atoms with Crippen LogP contribution in [0.2, 0.25) is 0 Å². The number of aromatic amines is 1. The van der Waals surface area contributed by atoms with Gasteiger partial charge in [-0.1, -0.05) is 30.3 Å². The van der Waals surface area contributed by atoms with E-state index in [2.05, 4.69) is 15.5 Å². The summed E-state index contributed by atoms with van der Waals surface area (Å²) in [7, 11) is 0. The molecule has 6 heteroatoms. The maximum absolute atomic E-state index is 12.9. The maximum atomic E-state index is 12.9. The number of rotatable bonds is 6. The Balaban J connectivity index is 1.66. The highest BCUT2D eigenvalue weighted by Crippen LogP contribution is 2.13. The lowest BCUT2D eigenvalue weighted by atomic mass is 10.0. The van der Waals surface area contributed by atoms with Gasteiger partial charge in [-0.3, -0.25) is 14.7 Å². The number of H-pyrrole nitrogens is 1. The number of hydrogen-bond acceptors (Lipinski definition) is 3. The van der Waals surface area contributed by atoms with Gasteiger partial charge >= 0.3 is 0 Å². The Morgan fingerprint density at radius 1 is 1.00 bits per heavy atom. The molecule has 1 amide bonds. The molecular formula is C19H16FN3O2. The van der Waals surface area contributed by atoms with Gasteiger partial charge in [0.1, 0.15) is 17.3 Å². The van der Waals surface area contributed by atoms with Gasteiger partial charge in [0.25, 0.3) is 5.91 Å². The molecule has 0 unspecified atom stereocenters. The van der Waals surface area contributed by atoms with Gasteiger partial charge in [0.05, 0.1) is 6.20 Å². The number of halogens is 1. The number of anilines is 1. The number of benzene rings is 2. The van der Waals surface area contributed by atoms with E-state index in [1.54, 1.807) is 0 Å². The molecule has 0 aliphatic heterocycles. The third-order valence-corrected chi connectivity index (χ3v) is 3.68. The van der Waals surface area contributed by atoms with E-state index in [-0.39, 0.29) is 23.7 Å². The maximum Gasteiger partial charge on any atom is 0.273 e. The van der Waals surface area contributed by atoms with Crippen molar-refractivity contribution in [3.8, 4) is 0 Å². The standard InChI is InChI=1S/C19H16FN3O2/c20-15-6-8-16(9-7-15)22-19(25)18-14(12-21-23-18)11-17(24)10-13-4-2-1-3-5-13/h1-9,12H,10-11H2,(H,21,23)(H,22,25). The van der Waals surface area contributed by atoms with Crippen LogP contribution in [-0.2, 0) is 17.6 Å². The Bertz CT molecular complexity index is 873. The van der Waals surface area contributed by atoms with Crippen LogP contribution < -0.4 is 5.32 Å². The molecule has 3 rings (SSSR count). The second kappa shape index (κ2) is 7.53. The molecule has 0 fully saturated rings. The Morgan fingerprint density at radius 2 is 1.72 bits per heavy atom. The number of nitrogens with zero attached hydrogens (tertiary/aromatic N) is 1. The molecular weight excluding hydrogens is 321 g/mol. The summed E-state index contributed by atoms with van der Waals surface area (Å²) in [5, 5.41) is 9.13. The number of nitrogens with one attached hydrogen (secondary N) is 2. The van der Waals surface area contributed by atoms with Crippen LogP contribution in [0.25, 0.3) is 0 Å². The lowest BCUT2D eigenvalue weighted by molar-refractivity contribution is -0.117. The zero-order chi connectivity index (χ0) is 17.6. The molecule has 2 N–H and O–H groups in total. The van der Waals surface area contributed by atoms with Crippen LogP contribution in [0.4, 0.5) is 10.1 Å². The van der Waals surface area contributed by atoms with Crippen molar-refractivity contribution in [1.29, 1.82) is 0 Å². The number of carbonyl (C=O) groups excluding carboxylic acids is 2. The molecule has 0 atom stereocenters. The van der Waals surface area contributed by atoms with E-state index in [1.165, 1.54) is 30.5 Å². The van der Waals surface area contributed by atoms with E-state index < -0.39 is 5.91 Å². The SMILES string of the molecule is O=C(Cc1ccccc1)Cc1cn[nH]c1C(=O)Nc1ccc(F)cc1. The summed E-state index contributed by atoms with van der Waals surface area (Å²) >= 11 is 0. The van der Waals surface area contributed by atoms with Gasteiger partial charge in [0.2, 0.25) is 0 Å². The number of aromatic nitrogens is 2. The Kier molecular flexibility index (Phi) is 4.99. The van der Waals surface area contributed by atoms with Crippen molar-refractivity contribution >= 4 is 17.4 Å². The summed E-state index contributed by atoms with van der Waals surface area (Å²) in [6, 6.07) is 14.9. The molecule has 3 aromatic rings. The van der Waals surface area contributed by atoms with Crippen LogP contribution in [0.3, 0.4) is 0 Å². The average Bonchev–Trinajstić information content (AvgIpc) is 3.06. The molecule has 5 nitrogen and oxygen atoms in total.